The maximum absolute atomic E-state index is 10.5. The van der Waals surface area contributed by atoms with E-state index in [0.29, 0.717) is 63.6 Å². The van der Waals surface area contributed by atoms with Crippen molar-refractivity contribution >= 4 is 43.6 Å². The van der Waals surface area contributed by atoms with Gasteiger partial charge in [0.1, 0.15) is 23.3 Å². The Hall–Kier alpha value is -9.64. The van der Waals surface area contributed by atoms with Crippen LogP contribution in [0.4, 0.5) is 0 Å². The van der Waals surface area contributed by atoms with Crippen molar-refractivity contribution in [3.63, 3.8) is 0 Å². The molecule has 0 aliphatic carbocycles. The molecule has 10 heteroatoms. The third kappa shape index (κ3) is 8.03. The van der Waals surface area contributed by atoms with E-state index in [4.69, 9.17) is 9.97 Å². The van der Waals surface area contributed by atoms with E-state index in [-0.39, 0.29) is 0 Å². The molecule has 0 saturated carbocycles. The molecule has 10 nitrogen and oxygen atoms in total. The summed E-state index contributed by atoms with van der Waals surface area (Å²) in [5.41, 5.74) is 21.6. The first-order valence-corrected chi connectivity index (χ1v) is 25.5. The Balaban J connectivity index is 1.01. The molecule has 0 fully saturated rings. The molecule has 0 aliphatic rings. The van der Waals surface area contributed by atoms with Gasteiger partial charge < -0.3 is 9.13 Å². The van der Waals surface area contributed by atoms with Crippen LogP contribution in [0, 0.1) is 85.0 Å². The summed E-state index contributed by atoms with van der Waals surface area (Å²) in [5, 5.41) is 25.5. The molecule has 0 radical (unpaired) electrons. The Bertz CT molecular complexity index is 4430. The predicted molar refractivity (Wildman–Crippen MR) is 305 cm³/mol. The minimum Gasteiger partial charge on any atom is -0.309 e. The van der Waals surface area contributed by atoms with Gasteiger partial charge in [0.05, 0.1) is 45.3 Å². The molecule has 12 rings (SSSR count). The minimum absolute atomic E-state index is 0.482. The summed E-state index contributed by atoms with van der Waals surface area (Å²) in [4.78, 5) is 27.4. The monoisotopic (exact) mass is 984 g/mol. The van der Waals surface area contributed by atoms with Gasteiger partial charge in [-0.25, -0.2) is 29.9 Å². The van der Waals surface area contributed by atoms with Crippen LogP contribution >= 0.6 is 0 Å². The maximum Gasteiger partial charge on any atom is 0.164 e. The second-order valence-electron chi connectivity index (χ2n) is 20.2. The van der Waals surface area contributed by atoms with Crippen molar-refractivity contribution in [2.24, 2.45) is 0 Å². The molecular formula is C66H52N10. The highest BCUT2D eigenvalue weighted by atomic mass is 15.0. The number of para-hydroxylation sites is 2. The number of hydrogen-bond acceptors (Lipinski definition) is 8. The quantitative estimate of drug-likeness (QED) is 0.147. The highest BCUT2D eigenvalue weighted by Crippen LogP contribution is 2.42. The van der Waals surface area contributed by atoms with E-state index in [0.717, 1.165) is 60.7 Å². The molecule has 0 N–H and O–H groups in total. The smallest absolute Gasteiger partial charge is 0.164 e. The van der Waals surface area contributed by atoms with Crippen molar-refractivity contribution in [1.29, 1.82) is 10.5 Å². The highest BCUT2D eigenvalue weighted by Gasteiger charge is 2.23. The number of rotatable bonds is 8. The van der Waals surface area contributed by atoms with E-state index >= 15 is 0 Å². The molecule has 8 aromatic carbocycles. The lowest BCUT2D eigenvalue weighted by molar-refractivity contribution is 0.927. The van der Waals surface area contributed by atoms with Crippen LogP contribution in [0.5, 0.6) is 0 Å². The van der Waals surface area contributed by atoms with Crippen LogP contribution in [0.3, 0.4) is 0 Å². The maximum atomic E-state index is 10.5. The van der Waals surface area contributed by atoms with E-state index in [1.54, 1.807) is 0 Å². The lowest BCUT2D eigenvalue weighted by Crippen LogP contribution is -2.02. The molecular weight excluding hydrogens is 933 g/mol. The number of benzene rings is 8. The van der Waals surface area contributed by atoms with Gasteiger partial charge in [0, 0.05) is 44.0 Å². The molecule has 0 spiro atoms. The lowest BCUT2D eigenvalue weighted by Gasteiger charge is -2.17. The molecule has 366 valence electrons. The van der Waals surface area contributed by atoms with E-state index in [1.165, 1.54) is 55.5 Å². The molecule has 0 unspecified atom stereocenters. The molecule has 0 saturated heterocycles. The average Bonchev–Trinajstić information content (AvgIpc) is 4.00. The third-order valence-electron chi connectivity index (χ3n) is 14.7. The fourth-order valence-electron chi connectivity index (χ4n) is 12.0. The molecule has 4 heterocycles. The van der Waals surface area contributed by atoms with Gasteiger partial charge >= 0.3 is 0 Å². The first kappa shape index (κ1) is 47.4. The SMILES string of the molecule is Cc1cc(C)c(-c2cc(Cc3cc(C)c(-c4ccc5c6ccccc6n(-c6ccc(-c7nc(C)nc(C)n7)c(C#N)c6)c5c4)c(C)c3)c3c4ccccc4n(-c4ccc(C#N)c(-c5nc(C)nc(C)n5)c4)c3c2)c(C)c1. The number of nitrogens with zero attached hydrogens (tertiary/aromatic N) is 10. The van der Waals surface area contributed by atoms with Gasteiger partial charge in [-0.2, -0.15) is 10.5 Å². The van der Waals surface area contributed by atoms with Crippen molar-refractivity contribution in [1.82, 2.24) is 39.0 Å². The zero-order valence-corrected chi connectivity index (χ0v) is 44.0. The van der Waals surface area contributed by atoms with E-state index < -0.39 is 0 Å². The fourth-order valence-corrected chi connectivity index (χ4v) is 12.0. The Morgan fingerprint density at radius 2 is 0.921 bits per heavy atom. The summed E-state index contributed by atoms with van der Waals surface area (Å²) in [5.74, 6) is 3.41. The van der Waals surface area contributed by atoms with Gasteiger partial charge in [-0.15, -0.1) is 0 Å². The standard InChI is InChI=1S/C66H52N10/c1-36-24-37(2)63(38(3)25-36)49-29-48(64-56-15-11-13-17-59(56)76(61(64)32-49)52-20-18-47(34-67)57(33-52)66-73-43(8)70-44(9)74-66)28-45-26-39(4)62(40(5)27-45)46-19-22-55-54-14-10-12-16-58(54)75(60(55)31-46)51-21-23-53(50(30-51)35-68)65-71-41(6)69-42(7)72-65/h10-27,29-33H,28H2,1-9H3. The Labute approximate surface area is 441 Å². The molecule has 4 aromatic heterocycles. The van der Waals surface area contributed by atoms with Crippen LogP contribution in [0.15, 0.2) is 140 Å². The zero-order chi connectivity index (χ0) is 52.7. The van der Waals surface area contributed by atoms with Gasteiger partial charge in [0.15, 0.2) is 11.6 Å². The van der Waals surface area contributed by atoms with Crippen LogP contribution in [-0.4, -0.2) is 39.0 Å². The second kappa shape index (κ2) is 18.4. The molecule has 0 atom stereocenters. The summed E-state index contributed by atoms with van der Waals surface area (Å²) in [6.07, 6.45) is 0.695. The van der Waals surface area contributed by atoms with Gasteiger partial charge in [-0.3, -0.25) is 0 Å². The van der Waals surface area contributed by atoms with Gasteiger partial charge in [-0.1, -0.05) is 84.4 Å². The predicted octanol–water partition coefficient (Wildman–Crippen LogP) is 15.0. The second-order valence-corrected chi connectivity index (χ2v) is 20.2. The first-order valence-electron chi connectivity index (χ1n) is 25.5. The van der Waals surface area contributed by atoms with Crippen LogP contribution < -0.4 is 0 Å². The van der Waals surface area contributed by atoms with Crippen LogP contribution in [0.25, 0.3) is 100 Å². The van der Waals surface area contributed by atoms with Crippen molar-refractivity contribution in [2.75, 3.05) is 0 Å². The largest absolute Gasteiger partial charge is 0.309 e. The molecule has 0 bridgehead atoms. The third-order valence-corrected chi connectivity index (χ3v) is 14.7. The van der Waals surface area contributed by atoms with Gasteiger partial charge in [0.25, 0.3) is 0 Å². The van der Waals surface area contributed by atoms with Crippen molar-refractivity contribution in [3.8, 4) is 68.5 Å². The number of nitriles is 2. The summed E-state index contributed by atoms with van der Waals surface area (Å²) in [7, 11) is 0. The van der Waals surface area contributed by atoms with Crippen LogP contribution in [-0.2, 0) is 6.42 Å². The normalized spacial score (nSPS) is 11.5. The number of hydrogen-bond donors (Lipinski definition) is 0. The lowest BCUT2D eigenvalue weighted by atomic mass is 9.88. The average molecular weight is 985 g/mol. The van der Waals surface area contributed by atoms with Gasteiger partial charge in [0.2, 0.25) is 0 Å². The summed E-state index contributed by atoms with van der Waals surface area (Å²) < 4.78 is 4.60. The Morgan fingerprint density at radius 1 is 0.408 bits per heavy atom. The Kier molecular flexibility index (Phi) is 11.5. The van der Waals surface area contributed by atoms with Crippen molar-refractivity contribution < 1.29 is 0 Å². The minimum atomic E-state index is 0.482. The topological polar surface area (TPSA) is 135 Å². The summed E-state index contributed by atoms with van der Waals surface area (Å²) in [6.45, 7) is 18.4. The van der Waals surface area contributed by atoms with Crippen LogP contribution in [0.2, 0.25) is 0 Å². The van der Waals surface area contributed by atoms with Crippen LogP contribution in [0.1, 0.15) is 73.4 Å². The van der Waals surface area contributed by atoms with Crippen molar-refractivity contribution in [2.45, 2.75) is 68.7 Å². The van der Waals surface area contributed by atoms with Crippen molar-refractivity contribution in [3.05, 3.63) is 213 Å². The molecule has 0 amide bonds. The number of aryl methyl sites for hydroxylation is 9. The zero-order valence-electron chi connectivity index (χ0n) is 44.0. The first-order chi connectivity index (χ1) is 36.7. The van der Waals surface area contributed by atoms with E-state index in [2.05, 4.69) is 191 Å². The molecule has 0 aliphatic heterocycles. The summed E-state index contributed by atoms with van der Waals surface area (Å²) in [6, 6.07) is 54.6. The molecule has 76 heavy (non-hydrogen) atoms. The Morgan fingerprint density at radius 3 is 1.57 bits per heavy atom. The molecule has 12 aromatic rings. The highest BCUT2D eigenvalue weighted by molar-refractivity contribution is 6.13. The van der Waals surface area contributed by atoms with Gasteiger partial charge in [-0.05, 0) is 185 Å². The fraction of sp³-hybridized carbons (Fsp3) is 0.152. The van der Waals surface area contributed by atoms with E-state index in [9.17, 15) is 10.5 Å². The summed E-state index contributed by atoms with van der Waals surface area (Å²) >= 11 is 0. The number of aromatic nitrogens is 8. The number of fused-ring (bicyclic) bond motifs is 6. The van der Waals surface area contributed by atoms with E-state index in [1.807, 2.05) is 52.0 Å².